The van der Waals surface area contributed by atoms with Crippen molar-refractivity contribution in [2.75, 3.05) is 0 Å². The van der Waals surface area contributed by atoms with Crippen LogP contribution < -0.4 is 0 Å². The zero-order valence-corrected chi connectivity index (χ0v) is 12.5. The zero-order valence-electron chi connectivity index (χ0n) is 12.5. The van der Waals surface area contributed by atoms with Crippen molar-refractivity contribution in [1.82, 2.24) is 0 Å². The molecule has 1 heterocycles. The topological polar surface area (TPSA) is 30.2 Å². The van der Waals surface area contributed by atoms with Crippen LogP contribution in [0.4, 0.5) is 0 Å². The summed E-state index contributed by atoms with van der Waals surface area (Å²) in [6.45, 7) is 12.1. The van der Waals surface area contributed by atoms with E-state index in [1.54, 1.807) is 12.3 Å². The molecule has 0 saturated heterocycles. The van der Waals surface area contributed by atoms with Crippen molar-refractivity contribution in [3.63, 3.8) is 0 Å². The minimum Gasteiger partial charge on any atom is -0.469 e. The Kier molecular flexibility index (Phi) is 3.36. The number of ketones is 1. The molecule has 2 heteroatoms. The fourth-order valence-electron chi connectivity index (χ4n) is 2.60. The summed E-state index contributed by atoms with van der Waals surface area (Å²) < 4.78 is 5.25. The molecular weight excluding hydrogens is 236 g/mol. The van der Waals surface area contributed by atoms with Crippen LogP contribution in [0.1, 0.15) is 49.5 Å². The first-order chi connectivity index (χ1) is 8.86. The lowest BCUT2D eigenvalue weighted by atomic mass is 9.86. The summed E-state index contributed by atoms with van der Waals surface area (Å²) in [7, 11) is 0. The molecule has 0 atom stereocenters. The van der Waals surface area contributed by atoms with Gasteiger partial charge in [-0.3, -0.25) is 4.79 Å². The normalized spacial score (nSPS) is 10.8. The summed E-state index contributed by atoms with van der Waals surface area (Å²) in [4.78, 5) is 12.7. The molecule has 19 heavy (non-hydrogen) atoms. The number of hydrogen-bond acceptors (Lipinski definition) is 2. The van der Waals surface area contributed by atoms with E-state index in [9.17, 15) is 4.79 Å². The number of hydrogen-bond donors (Lipinski definition) is 0. The van der Waals surface area contributed by atoms with E-state index in [2.05, 4.69) is 20.8 Å². The van der Waals surface area contributed by atoms with Crippen molar-refractivity contribution in [3.8, 4) is 0 Å². The fraction of sp³-hybridized carbons (Fsp3) is 0.353. The first-order valence-electron chi connectivity index (χ1n) is 6.52. The van der Waals surface area contributed by atoms with E-state index >= 15 is 0 Å². The predicted octanol–water partition coefficient (Wildman–Crippen LogP) is 4.36. The average molecular weight is 256 g/mol. The van der Waals surface area contributed by atoms with Gasteiger partial charge in [-0.15, -0.1) is 0 Å². The number of carbonyl (C=O) groups is 1. The van der Waals surface area contributed by atoms with Gasteiger partial charge in [-0.25, -0.2) is 0 Å². The first kappa shape index (κ1) is 13.6. The maximum Gasteiger partial charge on any atom is 0.197 e. The van der Waals surface area contributed by atoms with Crippen molar-refractivity contribution in [2.24, 2.45) is 0 Å². The molecule has 0 amide bonds. The number of furan rings is 1. The van der Waals surface area contributed by atoms with Gasteiger partial charge in [0.05, 0.1) is 11.8 Å². The lowest BCUT2D eigenvalue weighted by molar-refractivity contribution is 0.103. The maximum absolute atomic E-state index is 12.7. The van der Waals surface area contributed by atoms with Gasteiger partial charge in [0.25, 0.3) is 0 Å². The molecule has 0 bridgehead atoms. The van der Waals surface area contributed by atoms with Crippen LogP contribution in [0.25, 0.3) is 0 Å². The Morgan fingerprint density at radius 1 is 0.842 bits per heavy atom. The highest BCUT2D eigenvalue weighted by Crippen LogP contribution is 2.28. The Labute approximate surface area is 114 Å². The lowest BCUT2D eigenvalue weighted by Gasteiger charge is -2.17. The number of carbonyl (C=O) groups excluding carboxylic acids is 1. The number of benzene rings is 1. The van der Waals surface area contributed by atoms with Crippen LogP contribution in [0.3, 0.4) is 0 Å². The third-order valence-electron chi connectivity index (χ3n) is 4.33. The van der Waals surface area contributed by atoms with Gasteiger partial charge in [-0.1, -0.05) is 0 Å². The molecule has 0 N–H and O–H groups in total. The summed E-state index contributed by atoms with van der Waals surface area (Å²) in [6, 6.07) is 1.75. The number of rotatable bonds is 2. The van der Waals surface area contributed by atoms with Crippen LogP contribution >= 0.6 is 0 Å². The summed E-state index contributed by atoms with van der Waals surface area (Å²) in [5, 5.41) is 0. The zero-order chi connectivity index (χ0) is 14.3. The van der Waals surface area contributed by atoms with Gasteiger partial charge in [0.2, 0.25) is 0 Å². The van der Waals surface area contributed by atoms with Crippen LogP contribution in [0.2, 0.25) is 0 Å². The summed E-state index contributed by atoms with van der Waals surface area (Å²) in [5.41, 5.74) is 7.31. The monoisotopic (exact) mass is 256 g/mol. The van der Waals surface area contributed by atoms with Crippen molar-refractivity contribution < 1.29 is 9.21 Å². The molecule has 1 aromatic carbocycles. The summed E-state index contributed by atoms with van der Waals surface area (Å²) in [5.74, 6) is 0.743. The second kappa shape index (κ2) is 4.69. The minimum absolute atomic E-state index is 0.0625. The Bertz CT molecular complexity index is 631. The van der Waals surface area contributed by atoms with Crippen LogP contribution in [0.15, 0.2) is 16.7 Å². The average Bonchev–Trinajstić information content (AvgIpc) is 2.80. The molecule has 0 aliphatic rings. The van der Waals surface area contributed by atoms with Crippen LogP contribution in [0, 0.1) is 41.5 Å². The van der Waals surface area contributed by atoms with E-state index < -0.39 is 0 Å². The van der Waals surface area contributed by atoms with Gasteiger partial charge in [0.15, 0.2) is 5.78 Å². The predicted molar refractivity (Wildman–Crippen MR) is 77.0 cm³/mol. The minimum atomic E-state index is 0.0625. The van der Waals surface area contributed by atoms with Crippen molar-refractivity contribution in [3.05, 3.63) is 57.0 Å². The van der Waals surface area contributed by atoms with Crippen molar-refractivity contribution in [2.45, 2.75) is 41.5 Å². The van der Waals surface area contributed by atoms with Gasteiger partial charge >= 0.3 is 0 Å². The molecule has 2 aromatic rings. The van der Waals surface area contributed by atoms with Gasteiger partial charge in [-0.2, -0.15) is 0 Å². The van der Waals surface area contributed by atoms with Crippen molar-refractivity contribution in [1.29, 1.82) is 0 Å². The molecule has 1 aromatic heterocycles. The molecule has 0 spiro atoms. The fourth-order valence-corrected chi connectivity index (χ4v) is 2.60. The van der Waals surface area contributed by atoms with E-state index in [1.165, 1.54) is 16.7 Å². The Morgan fingerprint density at radius 2 is 1.32 bits per heavy atom. The largest absolute Gasteiger partial charge is 0.469 e. The third kappa shape index (κ3) is 2.01. The van der Waals surface area contributed by atoms with Gasteiger partial charge < -0.3 is 4.42 Å². The highest BCUT2D eigenvalue weighted by molar-refractivity contribution is 6.11. The molecule has 0 fully saturated rings. The summed E-state index contributed by atoms with van der Waals surface area (Å²) >= 11 is 0. The highest BCUT2D eigenvalue weighted by Gasteiger charge is 2.21. The van der Waals surface area contributed by atoms with E-state index in [0.29, 0.717) is 11.3 Å². The molecular formula is C17H20O2. The second-order valence-electron chi connectivity index (χ2n) is 5.22. The SMILES string of the molecule is Cc1occc1C(=O)c1c(C)c(C)c(C)c(C)c1C. The van der Waals surface area contributed by atoms with Gasteiger partial charge in [-0.05, 0) is 75.4 Å². The van der Waals surface area contributed by atoms with Crippen LogP contribution in [-0.4, -0.2) is 5.78 Å². The molecule has 2 rings (SSSR count). The van der Waals surface area contributed by atoms with Crippen LogP contribution in [0.5, 0.6) is 0 Å². The Hall–Kier alpha value is -1.83. The van der Waals surface area contributed by atoms with E-state index in [1.807, 2.05) is 20.8 Å². The van der Waals surface area contributed by atoms with E-state index in [0.717, 1.165) is 16.7 Å². The van der Waals surface area contributed by atoms with Gasteiger partial charge in [0, 0.05) is 5.56 Å². The van der Waals surface area contributed by atoms with E-state index in [-0.39, 0.29) is 5.78 Å². The smallest absolute Gasteiger partial charge is 0.197 e. The lowest BCUT2D eigenvalue weighted by Crippen LogP contribution is -2.10. The maximum atomic E-state index is 12.7. The van der Waals surface area contributed by atoms with E-state index in [4.69, 9.17) is 4.42 Å². The molecule has 0 aliphatic carbocycles. The standard InChI is InChI=1S/C17H20O2/c1-9-10(2)12(4)16(13(5)11(9)3)17(18)15-7-8-19-14(15)6/h7-8H,1-6H3. The Balaban J connectivity index is 2.71. The molecule has 100 valence electrons. The molecule has 0 aliphatic heterocycles. The van der Waals surface area contributed by atoms with Crippen LogP contribution in [-0.2, 0) is 0 Å². The quantitative estimate of drug-likeness (QED) is 0.747. The molecule has 0 unspecified atom stereocenters. The molecule has 2 nitrogen and oxygen atoms in total. The van der Waals surface area contributed by atoms with Crippen molar-refractivity contribution >= 4 is 5.78 Å². The Morgan fingerprint density at radius 3 is 1.74 bits per heavy atom. The third-order valence-corrected chi connectivity index (χ3v) is 4.33. The number of aryl methyl sites for hydroxylation is 1. The summed E-state index contributed by atoms with van der Waals surface area (Å²) in [6.07, 6.45) is 1.57. The molecule has 0 radical (unpaired) electrons. The van der Waals surface area contributed by atoms with Gasteiger partial charge in [0.1, 0.15) is 5.76 Å². The second-order valence-corrected chi connectivity index (χ2v) is 5.22. The molecule has 0 saturated carbocycles. The highest BCUT2D eigenvalue weighted by atomic mass is 16.3. The first-order valence-corrected chi connectivity index (χ1v) is 6.52.